The number of aliphatic hydroxyl groups excluding tert-OH is 1. The molecular formula is C17H19FN2O4. The molecule has 2 heterocycles. The van der Waals surface area contributed by atoms with E-state index in [0.717, 1.165) is 24.8 Å². The van der Waals surface area contributed by atoms with Gasteiger partial charge in [0.2, 0.25) is 11.2 Å². The van der Waals surface area contributed by atoms with Gasteiger partial charge in [-0.3, -0.25) is 9.69 Å². The van der Waals surface area contributed by atoms with E-state index in [2.05, 4.69) is 9.80 Å². The largest absolute Gasteiger partial charge is 0.502 e. The normalized spacial score (nSPS) is 15.7. The lowest BCUT2D eigenvalue weighted by molar-refractivity contribution is 0.200. The first kappa shape index (κ1) is 16.5. The zero-order chi connectivity index (χ0) is 17.1. The van der Waals surface area contributed by atoms with Crippen molar-refractivity contribution in [3.63, 3.8) is 0 Å². The van der Waals surface area contributed by atoms with Crippen LogP contribution in [0.1, 0.15) is 11.5 Å². The molecule has 2 aromatic rings. The summed E-state index contributed by atoms with van der Waals surface area (Å²) in [7, 11) is 0. The zero-order valence-corrected chi connectivity index (χ0v) is 13.1. The van der Waals surface area contributed by atoms with Crippen LogP contribution in [0.2, 0.25) is 0 Å². The fourth-order valence-electron chi connectivity index (χ4n) is 2.79. The van der Waals surface area contributed by atoms with Crippen molar-refractivity contribution < 1.29 is 19.0 Å². The Labute approximate surface area is 138 Å². The Hall–Kier alpha value is -2.38. The molecule has 0 radical (unpaired) electrons. The van der Waals surface area contributed by atoms with Gasteiger partial charge in [0.05, 0.1) is 6.54 Å². The van der Waals surface area contributed by atoms with Crippen LogP contribution < -0.4 is 10.3 Å². The average molecular weight is 334 g/mol. The van der Waals surface area contributed by atoms with E-state index in [9.17, 15) is 14.3 Å². The molecule has 0 atom stereocenters. The monoisotopic (exact) mass is 334 g/mol. The highest BCUT2D eigenvalue weighted by atomic mass is 19.1. The van der Waals surface area contributed by atoms with Crippen molar-refractivity contribution in [2.75, 3.05) is 31.1 Å². The Bertz CT molecular complexity index is 752. The summed E-state index contributed by atoms with van der Waals surface area (Å²) in [6.07, 6.45) is 0. The molecule has 24 heavy (non-hydrogen) atoms. The summed E-state index contributed by atoms with van der Waals surface area (Å²) in [5.74, 6) is -0.362. The molecule has 128 valence electrons. The van der Waals surface area contributed by atoms with Crippen LogP contribution in [0.5, 0.6) is 5.75 Å². The molecule has 1 aliphatic rings. The van der Waals surface area contributed by atoms with E-state index in [1.54, 1.807) is 12.1 Å². The first-order valence-electron chi connectivity index (χ1n) is 7.75. The first-order valence-corrected chi connectivity index (χ1v) is 7.75. The van der Waals surface area contributed by atoms with Crippen LogP contribution in [0, 0.1) is 5.82 Å². The Morgan fingerprint density at radius 1 is 1.12 bits per heavy atom. The third-order valence-corrected chi connectivity index (χ3v) is 4.13. The number of aliphatic hydroxyl groups is 1. The van der Waals surface area contributed by atoms with Gasteiger partial charge in [-0.05, 0) is 24.3 Å². The minimum Gasteiger partial charge on any atom is -0.502 e. The summed E-state index contributed by atoms with van der Waals surface area (Å²) < 4.78 is 18.4. The number of hydrogen-bond acceptors (Lipinski definition) is 6. The SMILES string of the molecule is O=c1cc(CO)oc(CN2CCN(c3ccc(F)cc3)CC2)c1O. The molecule has 1 aliphatic heterocycles. The van der Waals surface area contributed by atoms with Gasteiger partial charge in [0.15, 0.2) is 5.76 Å². The van der Waals surface area contributed by atoms with E-state index in [-0.39, 0.29) is 23.9 Å². The van der Waals surface area contributed by atoms with Crippen molar-refractivity contribution in [3.8, 4) is 5.75 Å². The molecule has 0 saturated carbocycles. The van der Waals surface area contributed by atoms with E-state index in [1.807, 2.05) is 0 Å². The smallest absolute Gasteiger partial charge is 0.227 e. The minimum atomic E-state index is -0.551. The summed E-state index contributed by atoms with van der Waals surface area (Å²) in [5, 5.41) is 18.9. The molecule has 6 nitrogen and oxygen atoms in total. The van der Waals surface area contributed by atoms with Gasteiger partial charge in [0, 0.05) is 37.9 Å². The second kappa shape index (κ2) is 7.02. The van der Waals surface area contributed by atoms with Gasteiger partial charge in [-0.2, -0.15) is 0 Å². The van der Waals surface area contributed by atoms with Crippen LogP contribution in [0.25, 0.3) is 0 Å². The third-order valence-electron chi connectivity index (χ3n) is 4.13. The van der Waals surface area contributed by atoms with E-state index in [0.29, 0.717) is 19.6 Å². The van der Waals surface area contributed by atoms with Gasteiger partial charge in [0.1, 0.15) is 18.2 Å². The molecule has 1 fully saturated rings. The number of halogens is 1. The molecule has 2 N–H and O–H groups in total. The van der Waals surface area contributed by atoms with Crippen LogP contribution in [0.15, 0.2) is 39.5 Å². The molecule has 1 aromatic heterocycles. The predicted octanol–water partition coefficient (Wildman–Crippen LogP) is 1.30. The van der Waals surface area contributed by atoms with Crippen LogP contribution >= 0.6 is 0 Å². The molecule has 3 rings (SSSR count). The quantitative estimate of drug-likeness (QED) is 0.878. The Morgan fingerprint density at radius 2 is 1.79 bits per heavy atom. The lowest BCUT2D eigenvalue weighted by atomic mass is 10.2. The number of nitrogens with zero attached hydrogens (tertiary/aromatic N) is 2. The Morgan fingerprint density at radius 3 is 2.42 bits per heavy atom. The minimum absolute atomic E-state index is 0.137. The van der Waals surface area contributed by atoms with Crippen LogP contribution in [-0.2, 0) is 13.2 Å². The van der Waals surface area contributed by atoms with Crippen molar-refractivity contribution in [2.24, 2.45) is 0 Å². The number of benzene rings is 1. The topological polar surface area (TPSA) is 77.2 Å². The Kier molecular flexibility index (Phi) is 4.82. The van der Waals surface area contributed by atoms with Crippen molar-refractivity contribution in [1.29, 1.82) is 0 Å². The predicted molar refractivity (Wildman–Crippen MR) is 86.5 cm³/mol. The maximum Gasteiger partial charge on any atom is 0.227 e. The molecule has 0 amide bonds. The standard InChI is InChI=1S/C17H19FN2O4/c18-12-1-3-13(4-2-12)20-7-5-19(6-8-20)10-16-17(23)15(22)9-14(11-21)24-16/h1-4,9,21,23H,5-8,10-11H2. The highest BCUT2D eigenvalue weighted by molar-refractivity contribution is 5.46. The summed E-state index contributed by atoms with van der Waals surface area (Å²) in [5.41, 5.74) is 0.415. The van der Waals surface area contributed by atoms with Crippen molar-refractivity contribution in [1.82, 2.24) is 4.90 Å². The maximum absolute atomic E-state index is 13.0. The second-order valence-electron chi connectivity index (χ2n) is 5.75. The van der Waals surface area contributed by atoms with Gasteiger partial charge < -0.3 is 19.5 Å². The van der Waals surface area contributed by atoms with Gasteiger partial charge in [-0.1, -0.05) is 0 Å². The fraction of sp³-hybridized carbons (Fsp3) is 0.353. The Balaban J connectivity index is 1.64. The molecule has 0 aliphatic carbocycles. The fourth-order valence-corrected chi connectivity index (χ4v) is 2.79. The van der Waals surface area contributed by atoms with Gasteiger partial charge in [0.25, 0.3) is 0 Å². The van der Waals surface area contributed by atoms with Gasteiger partial charge in [-0.15, -0.1) is 0 Å². The molecule has 0 unspecified atom stereocenters. The third kappa shape index (κ3) is 3.58. The maximum atomic E-state index is 13.0. The number of aromatic hydroxyl groups is 1. The second-order valence-corrected chi connectivity index (χ2v) is 5.75. The lowest BCUT2D eigenvalue weighted by Gasteiger charge is -2.35. The number of anilines is 1. The van der Waals surface area contributed by atoms with E-state index >= 15 is 0 Å². The van der Waals surface area contributed by atoms with Crippen molar-refractivity contribution in [2.45, 2.75) is 13.2 Å². The molecule has 1 aromatic carbocycles. The summed E-state index contributed by atoms with van der Waals surface area (Å²) in [4.78, 5) is 15.9. The van der Waals surface area contributed by atoms with Crippen LogP contribution in [-0.4, -0.2) is 41.3 Å². The highest BCUT2D eigenvalue weighted by Crippen LogP contribution is 2.20. The highest BCUT2D eigenvalue weighted by Gasteiger charge is 2.20. The summed E-state index contributed by atoms with van der Waals surface area (Å²) in [6, 6.07) is 7.47. The van der Waals surface area contributed by atoms with E-state index < -0.39 is 11.2 Å². The molecule has 0 spiro atoms. The number of rotatable bonds is 4. The van der Waals surface area contributed by atoms with Crippen molar-refractivity contribution in [3.05, 3.63) is 57.9 Å². The van der Waals surface area contributed by atoms with E-state index in [1.165, 1.54) is 12.1 Å². The molecular weight excluding hydrogens is 315 g/mol. The number of piperazine rings is 1. The summed E-state index contributed by atoms with van der Waals surface area (Å²) in [6.45, 7) is 2.83. The zero-order valence-electron chi connectivity index (χ0n) is 13.1. The summed E-state index contributed by atoms with van der Waals surface area (Å²) >= 11 is 0. The lowest BCUT2D eigenvalue weighted by Crippen LogP contribution is -2.46. The van der Waals surface area contributed by atoms with Crippen molar-refractivity contribution >= 4 is 5.69 Å². The van der Waals surface area contributed by atoms with Crippen LogP contribution in [0.4, 0.5) is 10.1 Å². The van der Waals surface area contributed by atoms with E-state index in [4.69, 9.17) is 9.52 Å². The first-order chi connectivity index (χ1) is 11.6. The van der Waals surface area contributed by atoms with Gasteiger partial charge in [-0.25, -0.2) is 4.39 Å². The molecule has 7 heteroatoms. The van der Waals surface area contributed by atoms with Crippen LogP contribution in [0.3, 0.4) is 0 Å². The molecule has 1 saturated heterocycles. The number of hydrogen-bond donors (Lipinski definition) is 2. The van der Waals surface area contributed by atoms with Gasteiger partial charge >= 0.3 is 0 Å². The molecule has 0 bridgehead atoms. The average Bonchev–Trinajstić information content (AvgIpc) is 2.60.